The minimum absolute atomic E-state index is 0.149. The number of carboxylic acids is 1. The lowest BCUT2D eigenvalue weighted by molar-refractivity contribution is -0.139. The highest BCUT2D eigenvalue weighted by molar-refractivity contribution is 6.33. The SMILES string of the molecule is O=C(O)CC1COCCN1C(=O)c1cnccc1Cl. The Morgan fingerprint density at radius 2 is 2.37 bits per heavy atom. The van der Waals surface area contributed by atoms with E-state index < -0.39 is 12.0 Å². The summed E-state index contributed by atoms with van der Waals surface area (Å²) in [5.41, 5.74) is 0.279. The second-order valence-electron chi connectivity index (χ2n) is 4.18. The molecule has 0 aromatic carbocycles. The Morgan fingerprint density at radius 1 is 1.58 bits per heavy atom. The van der Waals surface area contributed by atoms with E-state index in [1.165, 1.54) is 23.4 Å². The number of amides is 1. The van der Waals surface area contributed by atoms with Gasteiger partial charge in [0.05, 0.1) is 36.3 Å². The zero-order valence-electron chi connectivity index (χ0n) is 10.1. The van der Waals surface area contributed by atoms with E-state index in [0.717, 1.165) is 0 Å². The second-order valence-corrected chi connectivity index (χ2v) is 4.59. The summed E-state index contributed by atoms with van der Waals surface area (Å²) < 4.78 is 5.22. The summed E-state index contributed by atoms with van der Waals surface area (Å²) in [5.74, 6) is -1.28. The fraction of sp³-hybridized carbons (Fsp3) is 0.417. The van der Waals surface area contributed by atoms with Crippen molar-refractivity contribution in [2.75, 3.05) is 19.8 Å². The molecule has 19 heavy (non-hydrogen) atoms. The number of carbonyl (C=O) groups excluding carboxylic acids is 1. The van der Waals surface area contributed by atoms with Gasteiger partial charge in [0.1, 0.15) is 0 Å². The fourth-order valence-electron chi connectivity index (χ4n) is 1.98. The molecule has 102 valence electrons. The summed E-state index contributed by atoms with van der Waals surface area (Å²) in [6.07, 6.45) is 2.73. The van der Waals surface area contributed by atoms with Crippen LogP contribution in [-0.4, -0.2) is 52.7 Å². The molecule has 0 spiro atoms. The number of hydrogen-bond acceptors (Lipinski definition) is 4. The highest BCUT2D eigenvalue weighted by Gasteiger charge is 2.30. The summed E-state index contributed by atoms with van der Waals surface area (Å²) in [7, 11) is 0. The van der Waals surface area contributed by atoms with Gasteiger partial charge in [0.15, 0.2) is 0 Å². The van der Waals surface area contributed by atoms with Crippen LogP contribution in [0, 0.1) is 0 Å². The van der Waals surface area contributed by atoms with Gasteiger partial charge in [0, 0.05) is 18.9 Å². The summed E-state index contributed by atoms with van der Waals surface area (Å²) in [6.45, 7) is 0.956. The molecule has 0 aliphatic carbocycles. The summed E-state index contributed by atoms with van der Waals surface area (Å²) in [4.78, 5) is 28.5. The lowest BCUT2D eigenvalue weighted by Gasteiger charge is -2.34. The molecular weight excluding hydrogens is 272 g/mol. The number of halogens is 1. The molecule has 1 fully saturated rings. The second kappa shape index (κ2) is 5.99. The van der Waals surface area contributed by atoms with Crippen molar-refractivity contribution >= 4 is 23.5 Å². The third-order valence-electron chi connectivity index (χ3n) is 2.90. The van der Waals surface area contributed by atoms with Crippen LogP contribution in [0.5, 0.6) is 0 Å². The molecule has 7 heteroatoms. The van der Waals surface area contributed by atoms with Crippen molar-refractivity contribution in [2.45, 2.75) is 12.5 Å². The van der Waals surface area contributed by atoms with Crippen molar-refractivity contribution in [3.63, 3.8) is 0 Å². The van der Waals surface area contributed by atoms with Crippen molar-refractivity contribution in [1.82, 2.24) is 9.88 Å². The largest absolute Gasteiger partial charge is 0.481 e. The van der Waals surface area contributed by atoms with Gasteiger partial charge in [-0.3, -0.25) is 14.6 Å². The Morgan fingerprint density at radius 3 is 3.05 bits per heavy atom. The molecule has 1 aliphatic heterocycles. The van der Waals surface area contributed by atoms with Crippen LogP contribution in [0.15, 0.2) is 18.5 Å². The zero-order chi connectivity index (χ0) is 13.8. The average molecular weight is 285 g/mol. The molecule has 1 amide bonds. The normalized spacial score (nSPS) is 19.2. The van der Waals surface area contributed by atoms with Crippen LogP contribution in [-0.2, 0) is 9.53 Å². The van der Waals surface area contributed by atoms with Gasteiger partial charge in [-0.05, 0) is 6.07 Å². The topological polar surface area (TPSA) is 79.7 Å². The maximum absolute atomic E-state index is 12.4. The van der Waals surface area contributed by atoms with Crippen molar-refractivity contribution in [3.05, 3.63) is 29.0 Å². The molecule has 1 aromatic heterocycles. The van der Waals surface area contributed by atoms with E-state index in [0.29, 0.717) is 18.2 Å². The van der Waals surface area contributed by atoms with Crippen molar-refractivity contribution in [3.8, 4) is 0 Å². The number of carbonyl (C=O) groups is 2. The van der Waals surface area contributed by atoms with Gasteiger partial charge in [0.25, 0.3) is 5.91 Å². The maximum Gasteiger partial charge on any atom is 0.305 e. The highest BCUT2D eigenvalue weighted by Crippen LogP contribution is 2.20. The number of nitrogens with zero attached hydrogens (tertiary/aromatic N) is 2. The molecular formula is C12H13ClN2O4. The van der Waals surface area contributed by atoms with Gasteiger partial charge >= 0.3 is 5.97 Å². The monoisotopic (exact) mass is 284 g/mol. The van der Waals surface area contributed by atoms with Gasteiger partial charge < -0.3 is 14.7 Å². The van der Waals surface area contributed by atoms with E-state index >= 15 is 0 Å². The molecule has 0 saturated carbocycles. The van der Waals surface area contributed by atoms with Crippen molar-refractivity contribution in [1.29, 1.82) is 0 Å². The van der Waals surface area contributed by atoms with Crippen LogP contribution >= 0.6 is 11.6 Å². The number of pyridine rings is 1. The number of hydrogen-bond donors (Lipinski definition) is 1. The van der Waals surface area contributed by atoms with Crippen LogP contribution < -0.4 is 0 Å². The number of aliphatic carboxylic acids is 1. The highest BCUT2D eigenvalue weighted by atomic mass is 35.5. The Labute approximate surface area is 114 Å². The summed E-state index contributed by atoms with van der Waals surface area (Å²) in [6, 6.07) is 1.05. The molecule has 1 atom stereocenters. The van der Waals surface area contributed by atoms with E-state index in [1.54, 1.807) is 0 Å². The first kappa shape index (κ1) is 13.8. The number of rotatable bonds is 3. The molecule has 1 unspecified atom stereocenters. The molecule has 1 saturated heterocycles. The summed E-state index contributed by atoms with van der Waals surface area (Å²) in [5, 5.41) is 9.16. The minimum Gasteiger partial charge on any atom is -0.481 e. The molecule has 0 bridgehead atoms. The Bertz CT molecular complexity index is 494. The van der Waals surface area contributed by atoms with Crippen LogP contribution in [0.1, 0.15) is 16.8 Å². The lowest BCUT2D eigenvalue weighted by atomic mass is 10.1. The van der Waals surface area contributed by atoms with Gasteiger partial charge in [0.2, 0.25) is 0 Å². The van der Waals surface area contributed by atoms with Crippen molar-refractivity contribution < 1.29 is 19.4 Å². The molecule has 1 N–H and O–H groups in total. The minimum atomic E-state index is -0.967. The lowest BCUT2D eigenvalue weighted by Crippen LogP contribution is -2.49. The molecule has 2 heterocycles. The number of aromatic nitrogens is 1. The van der Waals surface area contributed by atoms with Gasteiger partial charge in [-0.2, -0.15) is 0 Å². The first-order valence-corrected chi connectivity index (χ1v) is 6.17. The van der Waals surface area contributed by atoms with E-state index in [1.807, 2.05) is 0 Å². The van der Waals surface area contributed by atoms with E-state index in [2.05, 4.69) is 4.98 Å². The first-order valence-electron chi connectivity index (χ1n) is 5.79. The molecule has 2 rings (SSSR count). The predicted molar refractivity (Wildman–Crippen MR) is 67.1 cm³/mol. The standard InChI is InChI=1S/C12H13ClN2O4/c13-10-1-2-14-6-9(10)12(18)15-3-4-19-7-8(15)5-11(16)17/h1-2,6,8H,3-5,7H2,(H,16,17). The number of ether oxygens (including phenoxy) is 1. The van der Waals surface area contributed by atoms with Crippen LogP contribution in [0.4, 0.5) is 0 Å². The zero-order valence-corrected chi connectivity index (χ0v) is 10.8. The van der Waals surface area contributed by atoms with E-state index in [9.17, 15) is 9.59 Å². The third-order valence-corrected chi connectivity index (χ3v) is 3.23. The van der Waals surface area contributed by atoms with E-state index in [4.69, 9.17) is 21.4 Å². The molecule has 6 nitrogen and oxygen atoms in total. The van der Waals surface area contributed by atoms with Gasteiger partial charge in [-0.25, -0.2) is 0 Å². The van der Waals surface area contributed by atoms with Crippen LogP contribution in [0.3, 0.4) is 0 Å². The van der Waals surface area contributed by atoms with Gasteiger partial charge in [-0.1, -0.05) is 11.6 Å². The first-order chi connectivity index (χ1) is 9.09. The van der Waals surface area contributed by atoms with Gasteiger partial charge in [-0.15, -0.1) is 0 Å². The average Bonchev–Trinajstić information content (AvgIpc) is 2.38. The quantitative estimate of drug-likeness (QED) is 0.897. The Hall–Kier alpha value is -1.66. The maximum atomic E-state index is 12.4. The fourth-order valence-corrected chi connectivity index (χ4v) is 2.17. The summed E-state index contributed by atoms with van der Waals surface area (Å²) >= 11 is 5.96. The Balaban J connectivity index is 2.20. The molecule has 1 aliphatic rings. The molecule has 0 radical (unpaired) electrons. The predicted octanol–water partition coefficient (Wildman–Crippen LogP) is 1.05. The van der Waals surface area contributed by atoms with Crippen molar-refractivity contribution in [2.24, 2.45) is 0 Å². The smallest absolute Gasteiger partial charge is 0.305 e. The number of morpholine rings is 1. The third kappa shape index (κ3) is 3.21. The number of carboxylic acid groups (broad SMARTS) is 1. The van der Waals surface area contributed by atoms with Crippen LogP contribution in [0.2, 0.25) is 5.02 Å². The van der Waals surface area contributed by atoms with Crippen LogP contribution in [0.25, 0.3) is 0 Å². The van der Waals surface area contributed by atoms with E-state index in [-0.39, 0.29) is 24.5 Å². The Kier molecular flexibility index (Phi) is 4.34. The molecule has 1 aromatic rings.